The number of aliphatic hydroxyl groups excluding tert-OH is 1. The average molecular weight is 482 g/mol. The number of hydrogen-bond donors (Lipinski definition) is 2. The number of halogens is 2. The van der Waals surface area contributed by atoms with Crippen molar-refractivity contribution in [2.45, 2.75) is 45.6 Å². The molecule has 2 rings (SSSR count). The van der Waals surface area contributed by atoms with E-state index < -0.39 is 17.4 Å². The van der Waals surface area contributed by atoms with Crippen molar-refractivity contribution in [1.82, 2.24) is 14.9 Å². The smallest absolute Gasteiger partial charge is 0.254 e. The Morgan fingerprint density at radius 2 is 1.82 bits per heavy atom. The Bertz CT molecular complexity index is 959. The second-order valence-electron chi connectivity index (χ2n) is 8.07. The summed E-state index contributed by atoms with van der Waals surface area (Å²) in [6.45, 7) is 3.87. The molecule has 1 aromatic carbocycles. The molecule has 10 heteroatoms. The maximum atomic E-state index is 13.3. The second-order valence-corrected chi connectivity index (χ2v) is 8.07. The van der Waals surface area contributed by atoms with Crippen LogP contribution in [0.25, 0.3) is 11.3 Å². The fourth-order valence-corrected chi connectivity index (χ4v) is 3.19. The summed E-state index contributed by atoms with van der Waals surface area (Å²) < 4.78 is 38.2. The molecule has 2 N–H and O–H groups in total. The third kappa shape index (κ3) is 10.1. The highest BCUT2D eigenvalue weighted by Crippen LogP contribution is 2.21. The first-order valence-electron chi connectivity index (χ1n) is 11.3. The number of nitrogens with one attached hydrogen (secondary N) is 1. The molecule has 0 aliphatic heterocycles. The largest absolute Gasteiger partial charge is 0.394 e. The molecule has 2 aromatic rings. The molecule has 0 aliphatic rings. The van der Waals surface area contributed by atoms with Gasteiger partial charge in [0.05, 0.1) is 38.7 Å². The number of aliphatic hydroxyl groups is 1. The van der Waals surface area contributed by atoms with Crippen LogP contribution in [0.2, 0.25) is 0 Å². The van der Waals surface area contributed by atoms with Crippen LogP contribution in [-0.4, -0.2) is 66.1 Å². The Kier molecular flexibility index (Phi) is 11.2. The molecule has 34 heavy (non-hydrogen) atoms. The number of aromatic nitrogens is 2. The van der Waals surface area contributed by atoms with Gasteiger partial charge in [-0.1, -0.05) is 29.8 Å². The molecule has 0 radical (unpaired) electrons. The van der Waals surface area contributed by atoms with E-state index in [0.29, 0.717) is 24.7 Å². The first-order valence-corrected chi connectivity index (χ1v) is 11.3. The molecule has 8 nitrogen and oxygen atoms in total. The van der Waals surface area contributed by atoms with Crippen molar-refractivity contribution in [2.24, 2.45) is 0 Å². The average Bonchev–Trinajstić information content (AvgIpc) is 2.77. The third-order valence-corrected chi connectivity index (χ3v) is 4.93. The molecule has 1 amide bonds. The number of rotatable bonds is 15. The van der Waals surface area contributed by atoms with Gasteiger partial charge in [0.2, 0.25) is 11.8 Å². The number of aryl methyl sites for hydroxylation is 2. The van der Waals surface area contributed by atoms with Crippen molar-refractivity contribution in [2.75, 3.05) is 39.6 Å². The summed E-state index contributed by atoms with van der Waals surface area (Å²) in [5.74, 6) is -2.94. The van der Waals surface area contributed by atoms with Gasteiger partial charge in [0.15, 0.2) is 0 Å². The normalized spacial score (nSPS) is 11.6. The fraction of sp³-hybridized carbons (Fsp3) is 0.542. The highest BCUT2D eigenvalue weighted by Gasteiger charge is 2.21. The second kappa shape index (κ2) is 13.9. The van der Waals surface area contributed by atoms with Crippen LogP contribution in [0, 0.1) is 6.92 Å². The summed E-state index contributed by atoms with van der Waals surface area (Å²) in [6.07, 6.45) is -0.0765. The van der Waals surface area contributed by atoms with Gasteiger partial charge in [-0.25, -0.2) is 13.8 Å². The minimum atomic E-state index is -2.82. The summed E-state index contributed by atoms with van der Waals surface area (Å²) in [6, 6.07) is 8.83. The summed E-state index contributed by atoms with van der Waals surface area (Å²) >= 11 is 0. The molecule has 1 heterocycles. The number of ether oxygens (including phenoxy) is 2. The number of carbonyl (C=O) groups excluding carboxylic acids is 1. The zero-order valence-corrected chi connectivity index (χ0v) is 19.7. The Balaban J connectivity index is 2.04. The van der Waals surface area contributed by atoms with Crippen LogP contribution in [0.3, 0.4) is 0 Å². The molecule has 0 atom stereocenters. The minimum Gasteiger partial charge on any atom is -0.394 e. The summed E-state index contributed by atoms with van der Waals surface area (Å²) in [5.41, 5.74) is 1.82. The van der Waals surface area contributed by atoms with Crippen LogP contribution in [-0.2, 0) is 27.2 Å². The SMILES string of the molecule is Cc1ccc(-c2cc(=O)n(CC(=O)NCCOCCOCCO)c(CCCC(C)(F)F)n2)cc1. The third-order valence-electron chi connectivity index (χ3n) is 4.93. The van der Waals surface area contributed by atoms with E-state index >= 15 is 0 Å². The van der Waals surface area contributed by atoms with Crippen LogP contribution in [0.15, 0.2) is 35.1 Å². The minimum absolute atomic E-state index is 0.0564. The zero-order chi connectivity index (χ0) is 25.0. The molecule has 0 spiro atoms. The monoisotopic (exact) mass is 481 g/mol. The predicted molar refractivity (Wildman–Crippen MR) is 124 cm³/mol. The predicted octanol–water partition coefficient (Wildman–Crippen LogP) is 2.34. The van der Waals surface area contributed by atoms with Crippen LogP contribution < -0.4 is 10.9 Å². The first kappa shape index (κ1) is 27.6. The molecule has 188 valence electrons. The van der Waals surface area contributed by atoms with Gasteiger partial charge >= 0.3 is 0 Å². The summed E-state index contributed by atoms with van der Waals surface area (Å²) in [7, 11) is 0. The van der Waals surface area contributed by atoms with E-state index in [4.69, 9.17) is 14.6 Å². The van der Waals surface area contributed by atoms with Gasteiger partial charge < -0.3 is 19.9 Å². The fourth-order valence-electron chi connectivity index (χ4n) is 3.19. The molecule has 0 saturated carbocycles. The first-order chi connectivity index (χ1) is 16.2. The van der Waals surface area contributed by atoms with E-state index in [1.807, 2.05) is 31.2 Å². The van der Waals surface area contributed by atoms with Crippen molar-refractivity contribution in [3.63, 3.8) is 0 Å². The van der Waals surface area contributed by atoms with Gasteiger partial charge in [-0.2, -0.15) is 0 Å². The quantitative estimate of drug-likeness (QED) is 0.379. The van der Waals surface area contributed by atoms with Gasteiger partial charge in [0.25, 0.3) is 5.56 Å². The molecule has 1 aromatic heterocycles. The molecular formula is C24H33F2N3O5. The zero-order valence-electron chi connectivity index (χ0n) is 19.7. The number of alkyl halides is 2. The Morgan fingerprint density at radius 1 is 1.15 bits per heavy atom. The lowest BCUT2D eigenvalue weighted by Gasteiger charge is -2.15. The van der Waals surface area contributed by atoms with Gasteiger partial charge in [-0.15, -0.1) is 0 Å². The van der Waals surface area contributed by atoms with E-state index in [1.165, 1.54) is 10.6 Å². The maximum Gasteiger partial charge on any atom is 0.254 e. The molecule has 0 aliphatic carbocycles. The summed E-state index contributed by atoms with van der Waals surface area (Å²) in [4.78, 5) is 29.8. The topological polar surface area (TPSA) is 103 Å². The van der Waals surface area contributed by atoms with Gasteiger partial charge in [-0.3, -0.25) is 14.2 Å². The molecular weight excluding hydrogens is 448 g/mol. The number of benzene rings is 1. The van der Waals surface area contributed by atoms with Crippen LogP contribution in [0.5, 0.6) is 0 Å². The highest BCUT2D eigenvalue weighted by molar-refractivity contribution is 5.75. The number of carbonyl (C=O) groups is 1. The Labute approximate surface area is 197 Å². The van der Waals surface area contributed by atoms with Gasteiger partial charge in [0, 0.05) is 31.0 Å². The number of amides is 1. The van der Waals surface area contributed by atoms with Crippen molar-refractivity contribution in [1.29, 1.82) is 0 Å². The van der Waals surface area contributed by atoms with Crippen molar-refractivity contribution >= 4 is 5.91 Å². The van der Waals surface area contributed by atoms with E-state index in [2.05, 4.69) is 10.3 Å². The van der Waals surface area contributed by atoms with E-state index in [0.717, 1.165) is 18.1 Å². The maximum absolute atomic E-state index is 13.3. The van der Waals surface area contributed by atoms with Crippen LogP contribution >= 0.6 is 0 Å². The van der Waals surface area contributed by atoms with Crippen LogP contribution in [0.1, 0.15) is 31.2 Å². The number of nitrogens with zero attached hydrogens (tertiary/aromatic N) is 2. The lowest BCUT2D eigenvalue weighted by molar-refractivity contribution is -0.122. The molecule has 0 unspecified atom stereocenters. The number of hydrogen-bond acceptors (Lipinski definition) is 6. The standard InChI is InChI=1S/C24H33F2N3O5/c1-18-5-7-19(8-6-18)20-16-23(32)29(21(28-20)4-3-9-24(2,25)26)17-22(31)27-10-12-33-14-15-34-13-11-30/h5-8,16,30H,3-4,9-15,17H2,1-2H3,(H,27,31). The lowest BCUT2D eigenvalue weighted by atomic mass is 10.1. The molecule has 0 bridgehead atoms. The van der Waals surface area contributed by atoms with E-state index in [-0.39, 0.29) is 52.2 Å². The highest BCUT2D eigenvalue weighted by atomic mass is 19.3. The van der Waals surface area contributed by atoms with Crippen LogP contribution in [0.4, 0.5) is 8.78 Å². The van der Waals surface area contributed by atoms with Gasteiger partial charge in [-0.05, 0) is 20.3 Å². The van der Waals surface area contributed by atoms with Crippen molar-refractivity contribution < 1.29 is 28.2 Å². The van der Waals surface area contributed by atoms with Crippen molar-refractivity contribution in [3.05, 3.63) is 52.1 Å². The summed E-state index contributed by atoms with van der Waals surface area (Å²) in [5, 5.41) is 11.3. The van der Waals surface area contributed by atoms with E-state index in [9.17, 15) is 18.4 Å². The van der Waals surface area contributed by atoms with Crippen molar-refractivity contribution in [3.8, 4) is 11.3 Å². The molecule has 0 fully saturated rings. The van der Waals surface area contributed by atoms with Gasteiger partial charge in [0.1, 0.15) is 12.4 Å². The molecule has 0 saturated heterocycles. The lowest BCUT2D eigenvalue weighted by Crippen LogP contribution is -2.36. The van der Waals surface area contributed by atoms with E-state index in [1.54, 1.807) is 0 Å². The Morgan fingerprint density at radius 3 is 2.47 bits per heavy atom. The Hall–Kier alpha value is -2.69.